The Morgan fingerprint density at radius 2 is 1.52 bits per heavy atom. The highest BCUT2D eigenvalue weighted by Crippen LogP contribution is 1.92. The average molecular weight is 310 g/mol. The molecule has 0 saturated heterocycles. The van der Waals surface area contributed by atoms with E-state index in [1.165, 1.54) is 0 Å². The first-order chi connectivity index (χ1) is 10.1. The van der Waals surface area contributed by atoms with E-state index in [1.807, 2.05) is 6.92 Å². The van der Waals surface area contributed by atoms with Gasteiger partial charge >= 0.3 is 0 Å². The van der Waals surface area contributed by atoms with E-state index < -0.39 is 0 Å². The predicted molar refractivity (Wildman–Crippen MR) is 82.6 cm³/mol. The van der Waals surface area contributed by atoms with Gasteiger partial charge in [-0.05, 0) is 33.1 Å². The van der Waals surface area contributed by atoms with Crippen LogP contribution in [0.4, 0.5) is 0 Å². The molecule has 0 aliphatic carbocycles. The zero-order valence-corrected chi connectivity index (χ0v) is 14.0. The van der Waals surface area contributed by atoms with Crippen molar-refractivity contribution in [3.63, 3.8) is 0 Å². The van der Waals surface area contributed by atoms with Crippen molar-refractivity contribution < 1.29 is 29.2 Å². The molecule has 0 aromatic rings. The van der Waals surface area contributed by atoms with Crippen LogP contribution in [-0.4, -0.2) is 76.3 Å². The zero-order chi connectivity index (χ0) is 16.3. The number of hydrogen-bond acceptors (Lipinski definition) is 6. The van der Waals surface area contributed by atoms with Gasteiger partial charge in [0.25, 0.3) is 0 Å². The van der Waals surface area contributed by atoms with Crippen LogP contribution in [0.3, 0.4) is 0 Å². The first-order valence-corrected chi connectivity index (χ1v) is 7.54. The number of rotatable bonds is 13. The van der Waals surface area contributed by atoms with Gasteiger partial charge < -0.3 is 29.2 Å². The lowest BCUT2D eigenvalue weighted by atomic mass is 10.3. The molecular weight excluding hydrogens is 276 g/mol. The SMILES string of the molecule is COCC(C)OCCCO.COCCCCOCC(C)O. The molecule has 0 saturated carbocycles. The summed E-state index contributed by atoms with van der Waals surface area (Å²) in [5.74, 6) is 0. The molecule has 0 rings (SSSR count). The highest BCUT2D eigenvalue weighted by Gasteiger charge is 1.98. The van der Waals surface area contributed by atoms with Gasteiger partial charge in [-0.1, -0.05) is 0 Å². The van der Waals surface area contributed by atoms with Gasteiger partial charge in [0.1, 0.15) is 0 Å². The molecule has 0 spiro atoms. The van der Waals surface area contributed by atoms with Gasteiger partial charge in [0.05, 0.1) is 25.4 Å². The summed E-state index contributed by atoms with van der Waals surface area (Å²) in [4.78, 5) is 0. The van der Waals surface area contributed by atoms with E-state index in [0.29, 0.717) is 32.8 Å². The second-order valence-electron chi connectivity index (χ2n) is 4.84. The Hall–Kier alpha value is -0.240. The maximum Gasteiger partial charge on any atom is 0.0780 e. The van der Waals surface area contributed by atoms with E-state index in [4.69, 9.17) is 29.2 Å². The van der Waals surface area contributed by atoms with Crippen LogP contribution in [0.15, 0.2) is 0 Å². The van der Waals surface area contributed by atoms with E-state index in [2.05, 4.69) is 0 Å². The quantitative estimate of drug-likeness (QED) is 0.498. The zero-order valence-electron chi connectivity index (χ0n) is 14.0. The second-order valence-corrected chi connectivity index (χ2v) is 4.84. The minimum Gasteiger partial charge on any atom is -0.396 e. The summed E-state index contributed by atoms with van der Waals surface area (Å²) in [6.07, 6.45) is 2.51. The van der Waals surface area contributed by atoms with Crippen molar-refractivity contribution in [2.45, 2.75) is 45.3 Å². The van der Waals surface area contributed by atoms with Crippen molar-refractivity contribution in [2.75, 3.05) is 53.9 Å². The summed E-state index contributed by atoms with van der Waals surface area (Å²) in [7, 11) is 3.34. The van der Waals surface area contributed by atoms with Crippen LogP contribution >= 0.6 is 0 Å². The number of aliphatic hydroxyl groups excluding tert-OH is 2. The molecule has 0 fully saturated rings. The molecule has 0 aliphatic rings. The molecular formula is C15H34O6. The largest absolute Gasteiger partial charge is 0.396 e. The molecule has 0 heterocycles. The monoisotopic (exact) mass is 310 g/mol. The van der Waals surface area contributed by atoms with Crippen LogP contribution in [0.25, 0.3) is 0 Å². The van der Waals surface area contributed by atoms with Crippen molar-refractivity contribution in [3.05, 3.63) is 0 Å². The molecule has 0 radical (unpaired) electrons. The van der Waals surface area contributed by atoms with Crippen LogP contribution in [0.1, 0.15) is 33.1 Å². The maximum absolute atomic E-state index is 8.81. The molecule has 0 aliphatic heterocycles. The smallest absolute Gasteiger partial charge is 0.0780 e. The molecule has 21 heavy (non-hydrogen) atoms. The van der Waals surface area contributed by atoms with E-state index in [9.17, 15) is 0 Å². The Morgan fingerprint density at radius 1 is 0.857 bits per heavy atom. The molecule has 2 N–H and O–H groups in total. The van der Waals surface area contributed by atoms with Crippen molar-refractivity contribution in [3.8, 4) is 0 Å². The van der Waals surface area contributed by atoms with Crippen LogP contribution in [0.5, 0.6) is 0 Å². The molecule has 0 aromatic heterocycles. The maximum atomic E-state index is 8.81. The number of unbranched alkanes of at least 4 members (excludes halogenated alkanes) is 1. The van der Waals surface area contributed by atoms with Gasteiger partial charge in [-0.3, -0.25) is 0 Å². The van der Waals surface area contributed by atoms with E-state index in [0.717, 1.165) is 19.4 Å². The van der Waals surface area contributed by atoms with Crippen molar-refractivity contribution in [1.29, 1.82) is 0 Å². The second kappa shape index (κ2) is 19.8. The highest BCUT2D eigenvalue weighted by atomic mass is 16.5. The van der Waals surface area contributed by atoms with E-state index in [-0.39, 0.29) is 18.8 Å². The minimum absolute atomic E-state index is 0.136. The lowest BCUT2D eigenvalue weighted by molar-refractivity contribution is 0.00422. The van der Waals surface area contributed by atoms with Crippen molar-refractivity contribution in [2.24, 2.45) is 0 Å². The summed E-state index contributed by atoms with van der Waals surface area (Å²) in [6, 6.07) is 0. The van der Waals surface area contributed by atoms with Gasteiger partial charge in [-0.15, -0.1) is 0 Å². The number of ether oxygens (including phenoxy) is 4. The summed E-state index contributed by atoms with van der Waals surface area (Å²) < 4.78 is 20.1. The normalized spacial score (nSPS) is 13.4. The van der Waals surface area contributed by atoms with Gasteiger partial charge in [0.2, 0.25) is 0 Å². The third-order valence-electron chi connectivity index (χ3n) is 2.35. The minimum atomic E-state index is -0.350. The van der Waals surface area contributed by atoms with Crippen LogP contribution in [0, 0.1) is 0 Å². The number of methoxy groups -OCH3 is 2. The van der Waals surface area contributed by atoms with Gasteiger partial charge in [-0.2, -0.15) is 0 Å². The van der Waals surface area contributed by atoms with Crippen LogP contribution < -0.4 is 0 Å². The van der Waals surface area contributed by atoms with Crippen molar-refractivity contribution >= 4 is 0 Å². The van der Waals surface area contributed by atoms with Gasteiger partial charge in [-0.25, -0.2) is 0 Å². The Kier molecular flexibility index (Phi) is 21.7. The van der Waals surface area contributed by atoms with Gasteiger partial charge in [0.15, 0.2) is 0 Å². The fourth-order valence-corrected chi connectivity index (χ4v) is 1.34. The van der Waals surface area contributed by atoms with E-state index in [1.54, 1.807) is 21.1 Å². The molecule has 6 heteroatoms. The highest BCUT2D eigenvalue weighted by molar-refractivity contribution is 4.45. The third kappa shape index (κ3) is 25.1. The molecule has 2 unspecified atom stereocenters. The van der Waals surface area contributed by atoms with Crippen LogP contribution in [0.2, 0.25) is 0 Å². The molecule has 0 bridgehead atoms. The lowest BCUT2D eigenvalue weighted by Crippen LogP contribution is -2.15. The Labute approximate surface area is 129 Å². The predicted octanol–water partition coefficient (Wildman–Crippen LogP) is 1.23. The fourth-order valence-electron chi connectivity index (χ4n) is 1.34. The molecule has 130 valence electrons. The molecule has 2 atom stereocenters. The van der Waals surface area contributed by atoms with E-state index >= 15 is 0 Å². The van der Waals surface area contributed by atoms with Gasteiger partial charge in [0, 0.05) is 40.6 Å². The van der Waals surface area contributed by atoms with Crippen LogP contribution in [-0.2, 0) is 18.9 Å². The Morgan fingerprint density at radius 3 is 2.05 bits per heavy atom. The lowest BCUT2D eigenvalue weighted by Gasteiger charge is -2.10. The fraction of sp³-hybridized carbons (Fsp3) is 1.00. The summed E-state index contributed by atoms with van der Waals surface area (Å²) in [5, 5.41) is 17.2. The Bertz CT molecular complexity index is 178. The summed E-state index contributed by atoms with van der Waals surface area (Å²) >= 11 is 0. The standard InChI is InChI=1S/C8H18O3.C7H16O3/c1-8(9)7-11-6-4-3-5-10-2;1-7(6-9-2)10-5-3-4-8/h8-9H,3-7H2,1-2H3;7-8H,3-6H2,1-2H3. The first kappa shape index (κ1) is 23.0. The topological polar surface area (TPSA) is 77.4 Å². The number of hydrogen-bond donors (Lipinski definition) is 2. The molecule has 6 nitrogen and oxygen atoms in total. The number of aliphatic hydroxyl groups is 2. The average Bonchev–Trinajstić information content (AvgIpc) is 2.44. The summed E-state index contributed by atoms with van der Waals surface area (Å²) in [5.41, 5.74) is 0. The molecule has 0 amide bonds. The first-order valence-electron chi connectivity index (χ1n) is 7.54. The summed E-state index contributed by atoms with van der Waals surface area (Å²) in [6.45, 7) is 7.03. The molecule has 0 aromatic carbocycles. The van der Waals surface area contributed by atoms with Crippen molar-refractivity contribution in [1.82, 2.24) is 0 Å². The third-order valence-corrected chi connectivity index (χ3v) is 2.35. The Balaban J connectivity index is 0.